The maximum Gasteiger partial charge on any atom is 0.191 e. The van der Waals surface area contributed by atoms with Gasteiger partial charge in [-0.1, -0.05) is 18.2 Å². The minimum Gasteiger partial charge on any atom is -0.489 e. The number of ether oxygens (including phenoxy) is 1. The van der Waals surface area contributed by atoms with Gasteiger partial charge in [0.15, 0.2) is 5.96 Å². The number of para-hydroxylation sites is 1. The lowest BCUT2D eigenvalue weighted by molar-refractivity contribution is 0.222. The molecule has 1 fully saturated rings. The van der Waals surface area contributed by atoms with E-state index >= 15 is 0 Å². The quantitative estimate of drug-likeness (QED) is 0.397. The minimum atomic E-state index is 0. The zero-order valence-electron chi connectivity index (χ0n) is 14.2. The number of aliphatic imine (C=N–C) groups is 1. The van der Waals surface area contributed by atoms with Crippen LogP contribution in [0, 0.1) is 6.92 Å². The van der Waals surface area contributed by atoms with Crippen LogP contribution in [-0.4, -0.2) is 43.2 Å². The smallest absolute Gasteiger partial charge is 0.191 e. The highest BCUT2D eigenvalue weighted by Crippen LogP contribution is 2.25. The third-order valence-corrected chi connectivity index (χ3v) is 5.12. The average molecular weight is 449 g/mol. The fraction of sp³-hybridized carbons (Fsp3) is 0.588. The Morgan fingerprint density at radius 3 is 2.83 bits per heavy atom. The summed E-state index contributed by atoms with van der Waals surface area (Å²) in [6, 6.07) is 8.10. The summed E-state index contributed by atoms with van der Waals surface area (Å²) in [6.45, 7) is 5.85. The van der Waals surface area contributed by atoms with Crippen LogP contribution in [0.4, 0.5) is 0 Å². The first-order valence-corrected chi connectivity index (χ1v) is 9.02. The number of halogens is 1. The molecule has 0 aromatic heterocycles. The molecule has 1 aromatic rings. The highest BCUT2D eigenvalue weighted by atomic mass is 127. The van der Waals surface area contributed by atoms with Crippen molar-refractivity contribution in [2.75, 3.05) is 25.9 Å². The second-order valence-corrected chi connectivity index (χ2v) is 7.07. The monoisotopic (exact) mass is 449 g/mol. The van der Waals surface area contributed by atoms with Gasteiger partial charge in [0.1, 0.15) is 11.9 Å². The Morgan fingerprint density at radius 2 is 2.17 bits per heavy atom. The summed E-state index contributed by atoms with van der Waals surface area (Å²) in [4.78, 5) is 4.28. The fourth-order valence-corrected chi connectivity index (χ4v) is 3.63. The van der Waals surface area contributed by atoms with E-state index in [1.165, 1.54) is 18.6 Å². The molecule has 0 saturated carbocycles. The number of hydrogen-bond donors (Lipinski definition) is 2. The van der Waals surface area contributed by atoms with Gasteiger partial charge in [0.2, 0.25) is 0 Å². The van der Waals surface area contributed by atoms with Crippen LogP contribution >= 0.6 is 35.7 Å². The number of guanidine groups is 1. The molecule has 1 heterocycles. The first-order valence-electron chi connectivity index (χ1n) is 7.97. The van der Waals surface area contributed by atoms with E-state index in [0.29, 0.717) is 0 Å². The molecule has 130 valence electrons. The van der Waals surface area contributed by atoms with E-state index in [4.69, 9.17) is 4.74 Å². The van der Waals surface area contributed by atoms with E-state index in [0.717, 1.165) is 35.6 Å². The number of benzene rings is 1. The summed E-state index contributed by atoms with van der Waals surface area (Å²) in [5.74, 6) is 3.09. The van der Waals surface area contributed by atoms with Crippen molar-refractivity contribution in [2.45, 2.75) is 38.0 Å². The Morgan fingerprint density at radius 1 is 1.39 bits per heavy atom. The van der Waals surface area contributed by atoms with Gasteiger partial charge in [0.05, 0.1) is 6.54 Å². The van der Waals surface area contributed by atoms with E-state index in [9.17, 15) is 0 Å². The predicted octanol–water partition coefficient (Wildman–Crippen LogP) is 3.44. The summed E-state index contributed by atoms with van der Waals surface area (Å²) >= 11 is 2.05. The molecule has 2 unspecified atom stereocenters. The van der Waals surface area contributed by atoms with E-state index < -0.39 is 0 Å². The molecule has 0 radical (unpaired) electrons. The molecule has 0 amide bonds. The van der Waals surface area contributed by atoms with Crippen molar-refractivity contribution >= 4 is 41.7 Å². The van der Waals surface area contributed by atoms with Crippen LogP contribution in [0.3, 0.4) is 0 Å². The molecule has 1 aliphatic rings. The number of thioether (sulfide) groups is 1. The zero-order chi connectivity index (χ0) is 15.8. The van der Waals surface area contributed by atoms with E-state index in [2.05, 4.69) is 47.3 Å². The van der Waals surface area contributed by atoms with Gasteiger partial charge >= 0.3 is 0 Å². The van der Waals surface area contributed by atoms with Crippen LogP contribution in [0.5, 0.6) is 5.75 Å². The molecule has 0 bridgehead atoms. The van der Waals surface area contributed by atoms with Crippen LogP contribution in [0.25, 0.3) is 0 Å². The predicted molar refractivity (Wildman–Crippen MR) is 112 cm³/mol. The maximum absolute atomic E-state index is 5.97. The topological polar surface area (TPSA) is 45.7 Å². The second kappa shape index (κ2) is 11.0. The standard InChI is InChI=1S/C17H27N3OS.HI/c1-13-7-4-5-9-16(13)21-14(2)11-19-17(18-3)20-12-15-8-6-10-22-15;/h4-5,7,9,14-15H,6,8,10-12H2,1-3H3,(H2,18,19,20);1H. The molecule has 6 heteroatoms. The second-order valence-electron chi connectivity index (χ2n) is 5.66. The SMILES string of the molecule is CN=C(NCC(C)Oc1ccccc1C)NCC1CCCS1.I. The average Bonchev–Trinajstić information content (AvgIpc) is 3.03. The highest BCUT2D eigenvalue weighted by molar-refractivity contribution is 14.0. The number of aryl methyl sites for hydroxylation is 1. The van der Waals surface area contributed by atoms with Gasteiger partial charge in [0, 0.05) is 18.8 Å². The van der Waals surface area contributed by atoms with Crippen LogP contribution in [0.1, 0.15) is 25.3 Å². The Labute approximate surface area is 161 Å². The van der Waals surface area contributed by atoms with Crippen molar-refractivity contribution in [2.24, 2.45) is 4.99 Å². The van der Waals surface area contributed by atoms with Crippen LogP contribution < -0.4 is 15.4 Å². The molecule has 2 N–H and O–H groups in total. The molecule has 4 nitrogen and oxygen atoms in total. The summed E-state index contributed by atoms with van der Waals surface area (Å²) < 4.78 is 5.97. The molecule has 0 aliphatic carbocycles. The summed E-state index contributed by atoms with van der Waals surface area (Å²) in [5.41, 5.74) is 1.16. The van der Waals surface area contributed by atoms with Crippen molar-refractivity contribution < 1.29 is 4.74 Å². The molecule has 2 rings (SSSR count). The maximum atomic E-state index is 5.97. The Kier molecular flexibility index (Phi) is 9.78. The van der Waals surface area contributed by atoms with Gasteiger partial charge in [0.25, 0.3) is 0 Å². The van der Waals surface area contributed by atoms with Crippen LogP contribution in [0.2, 0.25) is 0 Å². The van der Waals surface area contributed by atoms with Gasteiger partial charge in [-0.15, -0.1) is 24.0 Å². The molecule has 1 aliphatic heterocycles. The van der Waals surface area contributed by atoms with Crippen LogP contribution in [-0.2, 0) is 0 Å². The van der Waals surface area contributed by atoms with Crippen LogP contribution in [0.15, 0.2) is 29.3 Å². The lowest BCUT2D eigenvalue weighted by Crippen LogP contribution is -2.43. The molecule has 0 spiro atoms. The zero-order valence-corrected chi connectivity index (χ0v) is 17.3. The molecule has 2 atom stereocenters. The lowest BCUT2D eigenvalue weighted by atomic mass is 10.2. The molecular weight excluding hydrogens is 421 g/mol. The molecular formula is C17H28IN3OS. The van der Waals surface area contributed by atoms with Gasteiger partial charge in [-0.2, -0.15) is 11.8 Å². The summed E-state index contributed by atoms with van der Waals surface area (Å²) in [5, 5.41) is 7.46. The Bertz CT molecular complexity index is 492. The van der Waals surface area contributed by atoms with Gasteiger partial charge in [-0.05, 0) is 44.1 Å². The Hall–Kier alpha value is -0.630. The fourth-order valence-electron chi connectivity index (χ4n) is 2.42. The van der Waals surface area contributed by atoms with E-state index in [1.807, 2.05) is 25.2 Å². The van der Waals surface area contributed by atoms with Gasteiger partial charge in [-0.3, -0.25) is 4.99 Å². The number of rotatable bonds is 6. The first-order chi connectivity index (χ1) is 10.7. The number of nitrogens with zero attached hydrogens (tertiary/aromatic N) is 1. The van der Waals surface area contributed by atoms with Crippen molar-refractivity contribution in [1.29, 1.82) is 0 Å². The van der Waals surface area contributed by atoms with Crippen molar-refractivity contribution in [1.82, 2.24) is 10.6 Å². The lowest BCUT2D eigenvalue weighted by Gasteiger charge is -2.19. The normalized spacial score (nSPS) is 18.9. The summed E-state index contributed by atoms with van der Waals surface area (Å²) in [6.07, 6.45) is 2.73. The van der Waals surface area contributed by atoms with Gasteiger partial charge < -0.3 is 15.4 Å². The largest absolute Gasteiger partial charge is 0.489 e. The number of nitrogens with one attached hydrogen (secondary N) is 2. The Balaban J connectivity index is 0.00000264. The first kappa shape index (κ1) is 20.4. The van der Waals surface area contributed by atoms with Gasteiger partial charge in [-0.25, -0.2) is 0 Å². The number of hydrogen-bond acceptors (Lipinski definition) is 3. The molecule has 1 saturated heterocycles. The van der Waals surface area contributed by atoms with Crippen molar-refractivity contribution in [3.05, 3.63) is 29.8 Å². The third-order valence-electron chi connectivity index (χ3n) is 3.72. The summed E-state index contributed by atoms with van der Waals surface area (Å²) in [7, 11) is 1.81. The molecule has 1 aromatic carbocycles. The molecule has 23 heavy (non-hydrogen) atoms. The van der Waals surface area contributed by atoms with Crippen molar-refractivity contribution in [3.8, 4) is 5.75 Å². The highest BCUT2D eigenvalue weighted by Gasteiger charge is 2.15. The minimum absolute atomic E-state index is 0. The third kappa shape index (κ3) is 7.20. The van der Waals surface area contributed by atoms with Crippen molar-refractivity contribution in [3.63, 3.8) is 0 Å². The van der Waals surface area contributed by atoms with E-state index in [-0.39, 0.29) is 30.1 Å². The van der Waals surface area contributed by atoms with E-state index in [1.54, 1.807) is 0 Å².